The van der Waals surface area contributed by atoms with Gasteiger partial charge in [-0.1, -0.05) is 0 Å². The summed E-state index contributed by atoms with van der Waals surface area (Å²) >= 11 is 1.14. The van der Waals surface area contributed by atoms with Crippen LogP contribution in [0.15, 0.2) is 58.2 Å². The van der Waals surface area contributed by atoms with Crippen molar-refractivity contribution in [3.8, 4) is 5.69 Å². The molecule has 0 atom stereocenters. The molecule has 0 unspecified atom stereocenters. The maximum atomic E-state index is 13.6. The van der Waals surface area contributed by atoms with Crippen molar-refractivity contribution in [1.82, 2.24) is 9.88 Å². The maximum Gasteiger partial charge on any atom is 0.262 e. The number of anilines is 2. The number of nitrogens with zero attached hydrogens (tertiary/aromatic N) is 1. The monoisotopic (exact) mass is 456 g/mol. The Morgan fingerprint density at radius 3 is 2.47 bits per heavy atom. The summed E-state index contributed by atoms with van der Waals surface area (Å²) in [7, 11) is 0. The average molecular weight is 456 g/mol. The predicted octanol–water partition coefficient (Wildman–Crippen LogP) is 2.31. The van der Waals surface area contributed by atoms with Crippen LogP contribution >= 0.6 is 11.8 Å². The first-order valence-corrected chi connectivity index (χ1v) is 10.1. The van der Waals surface area contributed by atoms with E-state index in [1.807, 2.05) is 0 Å². The molecular formula is C21H14F2N4O4S. The van der Waals surface area contributed by atoms with Gasteiger partial charge in [0.25, 0.3) is 17.4 Å². The maximum absolute atomic E-state index is 13.6. The van der Waals surface area contributed by atoms with Crippen LogP contribution < -0.4 is 21.9 Å². The quantitative estimate of drug-likeness (QED) is 0.400. The first-order chi connectivity index (χ1) is 15.2. The molecule has 1 aliphatic heterocycles. The van der Waals surface area contributed by atoms with Gasteiger partial charge in [-0.2, -0.15) is 0 Å². The Morgan fingerprint density at radius 2 is 1.75 bits per heavy atom. The van der Waals surface area contributed by atoms with Gasteiger partial charge in [0.15, 0.2) is 0 Å². The molecule has 8 nitrogen and oxygen atoms in total. The van der Waals surface area contributed by atoms with Crippen LogP contribution in [0.5, 0.6) is 0 Å². The standard InChI is InChI=1S/C21H14F2N4O4S/c22-10-1-6-14(23)15(7-10)25-16(28)9-32-12-4-2-11(3-5-12)27-17(29)8-13-18(19(27)24)21(31)26-20(13)30/h1-8H,9,24H2,(H,25,28)(H,26,30,31). The number of imide groups is 1. The fourth-order valence-electron chi connectivity index (χ4n) is 3.17. The summed E-state index contributed by atoms with van der Waals surface area (Å²) in [4.78, 5) is 48.8. The molecule has 1 aromatic heterocycles. The number of hydrogen-bond acceptors (Lipinski definition) is 6. The molecule has 3 aromatic rings. The van der Waals surface area contributed by atoms with Gasteiger partial charge >= 0.3 is 0 Å². The average Bonchev–Trinajstić information content (AvgIpc) is 3.03. The second-order valence-corrected chi connectivity index (χ2v) is 7.78. The minimum atomic E-state index is -0.748. The molecule has 162 valence electrons. The molecule has 0 bridgehead atoms. The van der Waals surface area contributed by atoms with Gasteiger partial charge in [-0.3, -0.25) is 29.1 Å². The highest BCUT2D eigenvalue weighted by molar-refractivity contribution is 8.00. The van der Waals surface area contributed by atoms with E-state index in [9.17, 15) is 28.0 Å². The van der Waals surface area contributed by atoms with Crippen molar-refractivity contribution in [1.29, 1.82) is 0 Å². The fraction of sp³-hybridized carbons (Fsp3) is 0.0476. The molecule has 0 spiro atoms. The SMILES string of the molecule is Nc1c2c(cc(=O)n1-c1ccc(SCC(=O)Nc3cc(F)ccc3F)cc1)C(=O)NC2=O. The number of nitrogen functional groups attached to an aromatic ring is 1. The zero-order chi connectivity index (χ0) is 23.0. The van der Waals surface area contributed by atoms with Crippen LogP contribution in [0.2, 0.25) is 0 Å². The van der Waals surface area contributed by atoms with Gasteiger partial charge in [0.05, 0.1) is 28.3 Å². The van der Waals surface area contributed by atoms with E-state index in [-0.39, 0.29) is 28.4 Å². The smallest absolute Gasteiger partial charge is 0.262 e. The molecule has 11 heteroatoms. The lowest BCUT2D eigenvalue weighted by Crippen LogP contribution is -2.24. The van der Waals surface area contributed by atoms with Crippen molar-refractivity contribution in [2.24, 2.45) is 0 Å². The summed E-state index contributed by atoms with van der Waals surface area (Å²) in [6.07, 6.45) is 0. The van der Waals surface area contributed by atoms with Gasteiger partial charge < -0.3 is 11.1 Å². The van der Waals surface area contributed by atoms with Crippen LogP contribution in [0.4, 0.5) is 20.3 Å². The van der Waals surface area contributed by atoms with Crippen molar-refractivity contribution in [2.45, 2.75) is 4.90 Å². The van der Waals surface area contributed by atoms with Crippen molar-refractivity contribution in [3.63, 3.8) is 0 Å². The molecule has 2 heterocycles. The molecule has 32 heavy (non-hydrogen) atoms. The predicted molar refractivity (Wildman–Crippen MR) is 114 cm³/mol. The summed E-state index contributed by atoms with van der Waals surface area (Å²) in [6, 6.07) is 10.2. The Kier molecular flexibility index (Phi) is 5.49. The van der Waals surface area contributed by atoms with Gasteiger partial charge in [-0.05, 0) is 36.4 Å². The van der Waals surface area contributed by atoms with E-state index in [0.717, 1.165) is 40.6 Å². The summed E-state index contributed by atoms with van der Waals surface area (Å²) in [5, 5.41) is 4.40. The van der Waals surface area contributed by atoms with Gasteiger partial charge in [-0.25, -0.2) is 8.78 Å². The van der Waals surface area contributed by atoms with E-state index in [1.54, 1.807) is 24.3 Å². The summed E-state index contributed by atoms with van der Waals surface area (Å²) in [6.45, 7) is 0. The largest absolute Gasteiger partial charge is 0.384 e. The summed E-state index contributed by atoms with van der Waals surface area (Å²) in [5.74, 6) is -3.53. The Balaban J connectivity index is 1.49. The molecular weight excluding hydrogens is 442 g/mol. The zero-order valence-corrected chi connectivity index (χ0v) is 17.0. The van der Waals surface area contributed by atoms with Crippen molar-refractivity contribution in [2.75, 3.05) is 16.8 Å². The number of fused-ring (bicyclic) bond motifs is 1. The van der Waals surface area contributed by atoms with Crippen molar-refractivity contribution < 1.29 is 23.2 Å². The number of carbonyl (C=O) groups excluding carboxylic acids is 3. The van der Waals surface area contributed by atoms with Crippen LogP contribution in [-0.2, 0) is 4.79 Å². The molecule has 4 rings (SSSR count). The van der Waals surface area contributed by atoms with Crippen molar-refractivity contribution in [3.05, 3.63) is 81.6 Å². The number of benzene rings is 2. The van der Waals surface area contributed by atoms with Gasteiger partial charge in [0, 0.05) is 17.0 Å². The zero-order valence-electron chi connectivity index (χ0n) is 16.1. The molecule has 0 aliphatic carbocycles. The number of pyridine rings is 1. The van der Waals surface area contributed by atoms with Crippen LogP contribution in [0.25, 0.3) is 5.69 Å². The molecule has 0 saturated carbocycles. The van der Waals surface area contributed by atoms with Crippen LogP contribution in [0.1, 0.15) is 20.7 Å². The highest BCUT2D eigenvalue weighted by Gasteiger charge is 2.31. The van der Waals surface area contributed by atoms with E-state index in [2.05, 4.69) is 10.6 Å². The first-order valence-electron chi connectivity index (χ1n) is 9.14. The summed E-state index contributed by atoms with van der Waals surface area (Å²) in [5.41, 5.74) is 5.39. The topological polar surface area (TPSA) is 123 Å². The van der Waals surface area contributed by atoms with Gasteiger partial charge in [0.2, 0.25) is 5.91 Å². The number of nitrogens with two attached hydrogens (primary N) is 1. The lowest BCUT2D eigenvalue weighted by molar-refractivity contribution is -0.113. The number of carbonyl (C=O) groups is 3. The van der Waals surface area contributed by atoms with Crippen LogP contribution in [0, 0.1) is 11.6 Å². The number of amides is 3. The number of nitrogens with one attached hydrogen (secondary N) is 2. The van der Waals surface area contributed by atoms with Crippen LogP contribution in [0.3, 0.4) is 0 Å². The molecule has 1 aliphatic rings. The van der Waals surface area contributed by atoms with Crippen LogP contribution in [-0.4, -0.2) is 28.0 Å². The molecule has 0 radical (unpaired) electrons. The number of aromatic nitrogens is 1. The van der Waals surface area contributed by atoms with E-state index in [0.29, 0.717) is 10.6 Å². The highest BCUT2D eigenvalue weighted by Crippen LogP contribution is 2.25. The lowest BCUT2D eigenvalue weighted by Gasteiger charge is -2.12. The van der Waals surface area contributed by atoms with Gasteiger partial charge in [-0.15, -0.1) is 11.8 Å². The molecule has 2 aromatic carbocycles. The minimum absolute atomic E-state index is 0.0608. The third-order valence-electron chi connectivity index (χ3n) is 4.62. The number of hydrogen-bond donors (Lipinski definition) is 3. The third kappa shape index (κ3) is 3.97. The Labute approximate surface area is 183 Å². The summed E-state index contributed by atoms with van der Waals surface area (Å²) < 4.78 is 27.9. The van der Waals surface area contributed by atoms with E-state index < -0.39 is 34.9 Å². The minimum Gasteiger partial charge on any atom is -0.384 e. The van der Waals surface area contributed by atoms with E-state index in [4.69, 9.17) is 5.73 Å². The van der Waals surface area contributed by atoms with E-state index >= 15 is 0 Å². The highest BCUT2D eigenvalue weighted by atomic mass is 32.2. The Hall–Kier alpha value is -3.99. The van der Waals surface area contributed by atoms with Crippen molar-refractivity contribution >= 4 is 41.0 Å². The second-order valence-electron chi connectivity index (χ2n) is 6.73. The lowest BCUT2D eigenvalue weighted by atomic mass is 10.1. The molecule has 4 N–H and O–H groups in total. The molecule has 3 amide bonds. The van der Waals surface area contributed by atoms with E-state index in [1.165, 1.54) is 0 Å². The normalized spacial score (nSPS) is 12.4. The Bertz CT molecular complexity index is 1340. The second kappa shape index (κ2) is 8.27. The third-order valence-corrected chi connectivity index (χ3v) is 5.63. The molecule has 0 saturated heterocycles. The fourth-order valence-corrected chi connectivity index (χ4v) is 3.86. The number of thioether (sulfide) groups is 1. The molecule has 0 fully saturated rings. The first kappa shape index (κ1) is 21.2. The number of halogens is 2. The number of rotatable bonds is 5. The van der Waals surface area contributed by atoms with Gasteiger partial charge in [0.1, 0.15) is 17.5 Å². The Morgan fingerprint density at radius 1 is 1.03 bits per heavy atom.